The van der Waals surface area contributed by atoms with E-state index >= 15 is 0 Å². The van der Waals surface area contributed by atoms with E-state index in [1.807, 2.05) is 0 Å². The zero-order valence-electron chi connectivity index (χ0n) is 8.02. The van der Waals surface area contributed by atoms with Crippen LogP contribution in [0.25, 0.3) is 0 Å². The van der Waals surface area contributed by atoms with Crippen LogP contribution in [0.1, 0.15) is 57.8 Å². The minimum Gasteiger partial charge on any atom is -0.0885 e. The van der Waals surface area contributed by atoms with Crippen molar-refractivity contribution in [2.75, 3.05) is 0 Å². The summed E-state index contributed by atoms with van der Waals surface area (Å²) in [5, 5.41) is 0. The number of hydrogen-bond acceptors (Lipinski definition) is 0. The lowest BCUT2D eigenvalue weighted by molar-refractivity contribution is 0.163. The molecular formula is C12H20. The lowest BCUT2D eigenvalue weighted by atomic mass is 9.69. The van der Waals surface area contributed by atoms with E-state index in [9.17, 15) is 0 Å². The molecule has 0 aromatic carbocycles. The van der Waals surface area contributed by atoms with Crippen LogP contribution in [0.3, 0.4) is 0 Å². The Morgan fingerprint density at radius 1 is 0.667 bits per heavy atom. The summed E-state index contributed by atoms with van der Waals surface area (Å²) in [6, 6.07) is 0. The van der Waals surface area contributed by atoms with Crippen LogP contribution in [0.5, 0.6) is 0 Å². The Labute approximate surface area is 76.1 Å². The Kier molecular flexibility index (Phi) is 2.53. The van der Waals surface area contributed by atoms with Crippen LogP contribution in [-0.4, -0.2) is 0 Å². The van der Waals surface area contributed by atoms with E-state index in [0.717, 1.165) is 5.41 Å². The predicted octanol–water partition coefficient (Wildman–Crippen LogP) is 4.07. The molecule has 0 aromatic rings. The molecule has 1 fully saturated rings. The second-order valence-corrected chi connectivity index (χ2v) is 4.61. The van der Waals surface area contributed by atoms with Crippen molar-refractivity contribution in [3.05, 3.63) is 12.2 Å². The van der Waals surface area contributed by atoms with Gasteiger partial charge in [-0.05, 0) is 43.9 Å². The molecule has 1 spiro atoms. The molecule has 68 valence electrons. The third-order valence-corrected chi connectivity index (χ3v) is 3.76. The monoisotopic (exact) mass is 164 g/mol. The third kappa shape index (κ3) is 1.73. The van der Waals surface area contributed by atoms with Gasteiger partial charge >= 0.3 is 0 Å². The average Bonchev–Trinajstić information content (AvgIpc) is 2.33. The second kappa shape index (κ2) is 3.64. The van der Waals surface area contributed by atoms with Crippen molar-refractivity contribution in [3.63, 3.8) is 0 Å². The van der Waals surface area contributed by atoms with Crippen molar-refractivity contribution in [2.45, 2.75) is 57.8 Å². The van der Waals surface area contributed by atoms with Gasteiger partial charge in [-0.3, -0.25) is 0 Å². The molecule has 2 aliphatic rings. The van der Waals surface area contributed by atoms with Crippen molar-refractivity contribution in [3.8, 4) is 0 Å². The van der Waals surface area contributed by atoms with Gasteiger partial charge in [0.25, 0.3) is 0 Å². The molecule has 0 heterocycles. The first-order valence-corrected chi connectivity index (χ1v) is 5.56. The summed E-state index contributed by atoms with van der Waals surface area (Å²) in [4.78, 5) is 0. The Bertz CT molecular complexity index is 149. The maximum Gasteiger partial charge on any atom is -0.0292 e. The quantitative estimate of drug-likeness (QED) is 0.473. The summed E-state index contributed by atoms with van der Waals surface area (Å²) < 4.78 is 0. The summed E-state index contributed by atoms with van der Waals surface area (Å²) in [5.74, 6) is 0. The minimum absolute atomic E-state index is 0.780. The third-order valence-electron chi connectivity index (χ3n) is 3.76. The normalized spacial score (nSPS) is 28.7. The maximum absolute atomic E-state index is 2.39. The summed E-state index contributed by atoms with van der Waals surface area (Å²) in [6.45, 7) is 0. The Hall–Kier alpha value is -0.260. The standard InChI is InChI=1S/C12H20/c1-2-5-9-12(8-4-1)10-6-3-7-11-12/h1-2H,3-11H2. The molecule has 0 bridgehead atoms. The average molecular weight is 164 g/mol. The molecule has 0 atom stereocenters. The van der Waals surface area contributed by atoms with Crippen LogP contribution in [0.4, 0.5) is 0 Å². The van der Waals surface area contributed by atoms with E-state index in [0.29, 0.717) is 0 Å². The van der Waals surface area contributed by atoms with Gasteiger partial charge < -0.3 is 0 Å². The molecule has 0 saturated heterocycles. The molecule has 2 rings (SSSR count). The summed E-state index contributed by atoms with van der Waals surface area (Å²) >= 11 is 0. The molecule has 0 unspecified atom stereocenters. The first kappa shape index (κ1) is 8.34. The van der Waals surface area contributed by atoms with Crippen LogP contribution < -0.4 is 0 Å². The van der Waals surface area contributed by atoms with Gasteiger partial charge in [-0.1, -0.05) is 31.4 Å². The molecule has 0 nitrogen and oxygen atoms in total. The fourth-order valence-corrected chi connectivity index (χ4v) is 2.94. The molecule has 0 heteroatoms. The van der Waals surface area contributed by atoms with Crippen LogP contribution in [0, 0.1) is 5.41 Å². The van der Waals surface area contributed by atoms with Gasteiger partial charge in [-0.25, -0.2) is 0 Å². The van der Waals surface area contributed by atoms with Crippen molar-refractivity contribution in [2.24, 2.45) is 5.41 Å². The SMILES string of the molecule is C1=CCCC2(CC1)CCCCC2. The first-order chi connectivity index (χ1) is 5.91. The van der Waals surface area contributed by atoms with Gasteiger partial charge in [0.1, 0.15) is 0 Å². The summed E-state index contributed by atoms with van der Waals surface area (Å²) in [6.07, 6.45) is 18.0. The van der Waals surface area contributed by atoms with E-state index in [2.05, 4.69) is 12.2 Å². The highest BCUT2D eigenvalue weighted by Crippen LogP contribution is 2.45. The van der Waals surface area contributed by atoms with Crippen LogP contribution in [-0.2, 0) is 0 Å². The first-order valence-electron chi connectivity index (χ1n) is 5.56. The topological polar surface area (TPSA) is 0 Å². The van der Waals surface area contributed by atoms with Gasteiger partial charge in [0.2, 0.25) is 0 Å². The number of hydrogen-bond donors (Lipinski definition) is 0. The highest BCUT2D eigenvalue weighted by molar-refractivity contribution is 4.94. The smallest absolute Gasteiger partial charge is 0.0292 e. The Balaban J connectivity index is 1.98. The zero-order chi connectivity index (χ0) is 8.28. The highest BCUT2D eigenvalue weighted by atomic mass is 14.4. The second-order valence-electron chi connectivity index (χ2n) is 4.61. The number of rotatable bonds is 0. The van der Waals surface area contributed by atoms with Gasteiger partial charge in [-0.15, -0.1) is 0 Å². The highest BCUT2D eigenvalue weighted by Gasteiger charge is 2.30. The van der Waals surface area contributed by atoms with Crippen molar-refractivity contribution in [1.82, 2.24) is 0 Å². The Morgan fingerprint density at radius 2 is 1.25 bits per heavy atom. The van der Waals surface area contributed by atoms with Gasteiger partial charge in [0.05, 0.1) is 0 Å². The van der Waals surface area contributed by atoms with Crippen LogP contribution >= 0.6 is 0 Å². The molecule has 2 aliphatic carbocycles. The van der Waals surface area contributed by atoms with E-state index in [1.54, 1.807) is 0 Å². The minimum atomic E-state index is 0.780. The predicted molar refractivity (Wildman–Crippen MR) is 53.1 cm³/mol. The lowest BCUT2D eigenvalue weighted by Gasteiger charge is -2.36. The maximum atomic E-state index is 2.39. The molecular weight excluding hydrogens is 144 g/mol. The summed E-state index contributed by atoms with van der Waals surface area (Å²) in [5.41, 5.74) is 0.780. The fourth-order valence-electron chi connectivity index (χ4n) is 2.94. The van der Waals surface area contributed by atoms with Crippen molar-refractivity contribution >= 4 is 0 Å². The zero-order valence-corrected chi connectivity index (χ0v) is 8.02. The van der Waals surface area contributed by atoms with E-state index in [1.165, 1.54) is 57.8 Å². The van der Waals surface area contributed by atoms with Gasteiger partial charge in [0, 0.05) is 0 Å². The van der Waals surface area contributed by atoms with Crippen molar-refractivity contribution in [1.29, 1.82) is 0 Å². The molecule has 0 aromatic heterocycles. The van der Waals surface area contributed by atoms with Crippen molar-refractivity contribution < 1.29 is 0 Å². The van der Waals surface area contributed by atoms with E-state index in [-0.39, 0.29) is 0 Å². The number of allylic oxidation sites excluding steroid dienone is 2. The van der Waals surface area contributed by atoms with E-state index < -0.39 is 0 Å². The Morgan fingerprint density at radius 3 is 1.83 bits per heavy atom. The van der Waals surface area contributed by atoms with E-state index in [4.69, 9.17) is 0 Å². The molecule has 0 radical (unpaired) electrons. The molecule has 12 heavy (non-hydrogen) atoms. The fraction of sp³-hybridized carbons (Fsp3) is 0.833. The van der Waals surface area contributed by atoms with Gasteiger partial charge in [-0.2, -0.15) is 0 Å². The van der Waals surface area contributed by atoms with Crippen LogP contribution in [0.2, 0.25) is 0 Å². The van der Waals surface area contributed by atoms with Gasteiger partial charge in [0.15, 0.2) is 0 Å². The molecule has 0 N–H and O–H groups in total. The molecule has 0 amide bonds. The van der Waals surface area contributed by atoms with Crippen LogP contribution in [0.15, 0.2) is 12.2 Å². The molecule has 0 aliphatic heterocycles. The largest absolute Gasteiger partial charge is 0.0885 e. The molecule has 1 saturated carbocycles. The lowest BCUT2D eigenvalue weighted by Crippen LogP contribution is -2.23. The summed E-state index contributed by atoms with van der Waals surface area (Å²) in [7, 11) is 0.